The number of nitrogens with zero attached hydrogens (tertiary/aromatic N) is 6. The van der Waals surface area contributed by atoms with Crippen molar-refractivity contribution >= 4 is 0 Å². The van der Waals surface area contributed by atoms with Crippen LogP contribution in [0, 0.1) is 0 Å². The molecule has 174 valence electrons. The number of aromatic nitrogens is 6. The lowest BCUT2D eigenvalue weighted by Gasteiger charge is -2.07. The first-order chi connectivity index (χ1) is 14.7. The molecule has 4 aromatic heterocycles. The third-order valence-electron chi connectivity index (χ3n) is 5.08. The number of pyridine rings is 3. The molecular weight excluding hydrogens is 612 g/mol. The van der Waals surface area contributed by atoms with Crippen LogP contribution in [0.15, 0.2) is 73.6 Å². The lowest BCUT2D eigenvalue weighted by Crippen LogP contribution is -3.00. The van der Waals surface area contributed by atoms with E-state index in [1.807, 2.05) is 36.4 Å². The summed E-state index contributed by atoms with van der Waals surface area (Å²) < 4.78 is 6.37. The van der Waals surface area contributed by atoms with Gasteiger partial charge in [-0.3, -0.25) is 0 Å². The minimum atomic E-state index is 0. The summed E-state index contributed by atoms with van der Waals surface area (Å²) >= 11 is 0. The fraction of sp³-hybridized carbons (Fsp3) is 0.250. The molecule has 0 unspecified atom stereocenters. The predicted molar refractivity (Wildman–Crippen MR) is 114 cm³/mol. The number of rotatable bonds is 6. The average molecular weight is 639 g/mol. The van der Waals surface area contributed by atoms with E-state index in [0.717, 1.165) is 36.3 Å². The topological polar surface area (TPSA) is 50.3 Å². The van der Waals surface area contributed by atoms with Crippen LogP contribution in [0.1, 0.15) is 20.8 Å². The van der Waals surface area contributed by atoms with Gasteiger partial charge in [0.05, 0.1) is 16.7 Å². The minimum Gasteiger partial charge on any atom is -1.00 e. The summed E-state index contributed by atoms with van der Waals surface area (Å²) in [5, 5.41) is 0. The van der Waals surface area contributed by atoms with Crippen molar-refractivity contribution in [3.63, 3.8) is 0 Å². The Morgan fingerprint density at radius 1 is 0.515 bits per heavy atom. The summed E-state index contributed by atoms with van der Waals surface area (Å²) in [5.74, 6) is 2.03. The van der Waals surface area contributed by atoms with Gasteiger partial charge in [0.2, 0.25) is 0 Å². The first-order valence-electron chi connectivity index (χ1n) is 10.4. The molecule has 0 N–H and O–H groups in total. The average Bonchev–Trinajstić information content (AvgIpc) is 2.83. The highest BCUT2D eigenvalue weighted by Gasteiger charge is 2.17. The molecule has 4 heterocycles. The van der Waals surface area contributed by atoms with Crippen LogP contribution >= 0.6 is 0 Å². The molecule has 0 spiro atoms. The van der Waals surface area contributed by atoms with Gasteiger partial charge in [0.25, 0.3) is 0 Å². The van der Waals surface area contributed by atoms with Gasteiger partial charge in [0.15, 0.2) is 54.7 Å². The Balaban J connectivity index is 0.00000181. The molecule has 0 radical (unpaired) electrons. The van der Waals surface area contributed by atoms with E-state index in [1.54, 1.807) is 0 Å². The van der Waals surface area contributed by atoms with Gasteiger partial charge in [0.1, 0.15) is 19.6 Å². The predicted octanol–water partition coefficient (Wildman–Crippen LogP) is -6.19. The largest absolute Gasteiger partial charge is 1.00 e. The van der Waals surface area contributed by atoms with E-state index in [-0.39, 0.29) is 50.9 Å². The van der Waals surface area contributed by atoms with Crippen LogP contribution < -0.4 is 64.6 Å². The van der Waals surface area contributed by atoms with Crippen molar-refractivity contribution in [1.29, 1.82) is 0 Å². The van der Waals surface area contributed by atoms with Crippen LogP contribution in [0.25, 0.3) is 34.2 Å². The second kappa shape index (κ2) is 13.6. The normalized spacial score (nSPS) is 9.91. The van der Waals surface area contributed by atoms with E-state index < -0.39 is 0 Å². The smallest absolute Gasteiger partial charge is 0.179 e. The molecule has 0 amide bonds. The van der Waals surface area contributed by atoms with Crippen molar-refractivity contribution in [2.24, 2.45) is 0 Å². The van der Waals surface area contributed by atoms with E-state index >= 15 is 0 Å². The molecule has 33 heavy (non-hydrogen) atoms. The maximum atomic E-state index is 4.84. The molecule has 0 fully saturated rings. The molecule has 9 heteroatoms. The van der Waals surface area contributed by atoms with Gasteiger partial charge in [-0.2, -0.15) is 0 Å². The van der Waals surface area contributed by atoms with Crippen LogP contribution in [0.5, 0.6) is 0 Å². The van der Waals surface area contributed by atoms with Gasteiger partial charge in [-0.15, -0.1) is 0 Å². The lowest BCUT2D eigenvalue weighted by molar-refractivity contribution is -0.693. The molecule has 4 rings (SSSR count). The molecule has 0 aliphatic heterocycles. The Kier molecular flexibility index (Phi) is 11.9. The zero-order valence-corrected chi connectivity index (χ0v) is 23.6. The Hall–Kier alpha value is -2.10. The number of hydrogen-bond acceptors (Lipinski definition) is 3. The summed E-state index contributed by atoms with van der Waals surface area (Å²) in [6.07, 6.45) is 12.4. The molecule has 0 aromatic carbocycles. The summed E-state index contributed by atoms with van der Waals surface area (Å²) in [6, 6.07) is 12.2. The van der Waals surface area contributed by atoms with Crippen molar-refractivity contribution in [2.75, 3.05) is 0 Å². The maximum Gasteiger partial charge on any atom is 0.179 e. The van der Waals surface area contributed by atoms with Crippen molar-refractivity contribution < 1.29 is 64.6 Å². The Morgan fingerprint density at radius 2 is 0.788 bits per heavy atom. The molecule has 0 saturated heterocycles. The van der Waals surface area contributed by atoms with Gasteiger partial charge in [0, 0.05) is 18.2 Å². The SMILES string of the molecule is CC[n+]1cccc(-c2nc(-c3ccc[n+](CC)c3)nc(-c3ccc[n+](CC)c3)n2)c1.[Br-].[Br-].[Br-]. The molecule has 0 bridgehead atoms. The first-order valence-corrected chi connectivity index (χ1v) is 10.4. The minimum absolute atomic E-state index is 0. The van der Waals surface area contributed by atoms with Crippen LogP contribution in [-0.2, 0) is 19.6 Å². The number of halogens is 3. The Bertz CT molecular complexity index is 1030. The van der Waals surface area contributed by atoms with Gasteiger partial charge in [-0.05, 0) is 39.0 Å². The summed E-state index contributed by atoms with van der Waals surface area (Å²) in [4.78, 5) is 14.5. The van der Waals surface area contributed by atoms with Crippen LogP contribution in [0.2, 0.25) is 0 Å². The molecule has 0 aliphatic carbocycles. The van der Waals surface area contributed by atoms with Gasteiger partial charge in [-0.1, -0.05) is 0 Å². The standard InChI is InChI=1S/C24H27N6.3BrH/c1-4-28-13-7-10-19(16-28)22-25-23(20-11-8-14-29(5-2)17-20)27-24(26-22)21-12-9-15-30(6-3)18-21;;;/h7-18H,4-6H2,1-3H3;3*1H/q+3;;;/p-3. The monoisotopic (exact) mass is 636 g/mol. The van der Waals surface area contributed by atoms with Crippen molar-refractivity contribution in [1.82, 2.24) is 15.0 Å². The fourth-order valence-electron chi connectivity index (χ4n) is 3.32. The van der Waals surface area contributed by atoms with E-state index in [2.05, 4.69) is 71.7 Å². The zero-order chi connectivity index (χ0) is 20.9. The van der Waals surface area contributed by atoms with Gasteiger partial charge >= 0.3 is 0 Å². The molecule has 6 nitrogen and oxygen atoms in total. The molecule has 0 saturated carbocycles. The highest BCUT2D eigenvalue weighted by Crippen LogP contribution is 2.22. The zero-order valence-electron chi connectivity index (χ0n) is 18.9. The highest BCUT2D eigenvalue weighted by atomic mass is 79.9. The van der Waals surface area contributed by atoms with Crippen LogP contribution in [0.4, 0.5) is 0 Å². The van der Waals surface area contributed by atoms with E-state index in [9.17, 15) is 0 Å². The lowest BCUT2D eigenvalue weighted by atomic mass is 10.2. The van der Waals surface area contributed by atoms with Gasteiger partial charge in [-0.25, -0.2) is 28.7 Å². The second-order valence-corrected chi connectivity index (χ2v) is 7.08. The van der Waals surface area contributed by atoms with Crippen LogP contribution in [0.3, 0.4) is 0 Å². The third kappa shape index (κ3) is 6.94. The van der Waals surface area contributed by atoms with Gasteiger partial charge < -0.3 is 50.9 Å². The van der Waals surface area contributed by atoms with Crippen molar-refractivity contribution in [3.8, 4) is 34.2 Å². The summed E-state index contributed by atoms with van der Waals surface area (Å²) in [7, 11) is 0. The second-order valence-electron chi connectivity index (χ2n) is 7.08. The quantitative estimate of drug-likeness (QED) is 0.198. The van der Waals surface area contributed by atoms with Crippen molar-refractivity contribution in [3.05, 3.63) is 73.6 Å². The Morgan fingerprint density at radius 3 is 1.03 bits per heavy atom. The third-order valence-corrected chi connectivity index (χ3v) is 5.08. The molecule has 0 atom stereocenters. The van der Waals surface area contributed by atoms with Crippen LogP contribution in [-0.4, -0.2) is 15.0 Å². The molecule has 4 aromatic rings. The van der Waals surface area contributed by atoms with E-state index in [4.69, 9.17) is 15.0 Å². The molecule has 0 aliphatic rings. The summed E-state index contributed by atoms with van der Waals surface area (Å²) in [6.45, 7) is 9.04. The van der Waals surface area contributed by atoms with Crippen molar-refractivity contribution in [2.45, 2.75) is 40.4 Å². The summed E-state index contributed by atoms with van der Waals surface area (Å²) in [5.41, 5.74) is 2.92. The number of hydrogen-bond donors (Lipinski definition) is 0. The highest BCUT2D eigenvalue weighted by molar-refractivity contribution is 5.64. The van der Waals surface area contributed by atoms with E-state index in [1.165, 1.54) is 0 Å². The first kappa shape index (κ1) is 28.9. The molecular formula is C24H27Br3N6. The maximum absolute atomic E-state index is 4.84. The Labute approximate surface area is 226 Å². The van der Waals surface area contributed by atoms with E-state index in [0.29, 0.717) is 17.5 Å². The fourth-order valence-corrected chi connectivity index (χ4v) is 3.32. The number of aryl methyl sites for hydroxylation is 3.